The monoisotopic (exact) mass is 500 g/mol. The van der Waals surface area contributed by atoms with Crippen LogP contribution in [-0.2, 0) is 9.53 Å². The Morgan fingerprint density at radius 3 is 2.00 bits per heavy atom. The van der Waals surface area contributed by atoms with Gasteiger partial charge in [0.05, 0.1) is 17.7 Å². The topological polar surface area (TPSA) is 114 Å². The predicted octanol–water partition coefficient (Wildman–Crippen LogP) is 5.12. The number of hydrogen-bond acceptors (Lipinski definition) is 7. The van der Waals surface area contributed by atoms with E-state index in [4.69, 9.17) is 20.9 Å². The lowest BCUT2D eigenvalue weighted by molar-refractivity contribution is -0.153. The number of esters is 2. The van der Waals surface area contributed by atoms with Gasteiger partial charge in [-0.25, -0.2) is 9.59 Å². The number of alkyl halides is 3. The summed E-state index contributed by atoms with van der Waals surface area (Å²) in [6.07, 6.45) is -2.87. The van der Waals surface area contributed by atoms with Crippen LogP contribution in [0.25, 0.3) is 11.6 Å². The Kier molecular flexibility index (Phi) is 8.21. The highest BCUT2D eigenvalue weighted by Gasteiger charge is 2.28. The van der Waals surface area contributed by atoms with E-state index in [1.54, 1.807) is 43.3 Å². The first-order valence-electron chi connectivity index (χ1n) is 10.7. The van der Waals surface area contributed by atoms with E-state index in [2.05, 4.69) is 4.74 Å². The summed E-state index contributed by atoms with van der Waals surface area (Å²) in [4.78, 5) is 24.9. The molecule has 10 heteroatoms. The van der Waals surface area contributed by atoms with Gasteiger partial charge in [0.1, 0.15) is 11.5 Å². The zero-order valence-electron chi connectivity index (χ0n) is 19.2. The Morgan fingerprint density at radius 1 is 0.861 bits per heavy atom. The molecule has 7 nitrogen and oxygen atoms in total. The second-order valence-electron chi connectivity index (χ2n) is 7.55. The maximum absolute atomic E-state index is 12.5. The lowest BCUT2D eigenvalue weighted by Crippen LogP contribution is -2.19. The van der Waals surface area contributed by atoms with Gasteiger partial charge in [-0.05, 0) is 78.7 Å². The summed E-state index contributed by atoms with van der Waals surface area (Å²) in [5, 5.41) is 0. The molecule has 0 amide bonds. The van der Waals surface area contributed by atoms with Crippen LogP contribution in [-0.4, -0.2) is 31.3 Å². The average molecular weight is 500 g/mol. The molecule has 0 aromatic heterocycles. The number of halogens is 3. The summed E-state index contributed by atoms with van der Waals surface area (Å²) in [6, 6.07) is 16.2. The summed E-state index contributed by atoms with van der Waals surface area (Å²) < 4.78 is 51.8. The Hall–Kier alpha value is -4.47. The summed E-state index contributed by atoms with van der Waals surface area (Å²) in [5.74, 6) is -1.07. The molecule has 0 atom stereocenters. The molecule has 0 aliphatic heterocycles. The van der Waals surface area contributed by atoms with E-state index in [9.17, 15) is 22.8 Å². The largest absolute Gasteiger partial charge is 0.484 e. The Balaban J connectivity index is 1.73. The molecule has 0 fully saturated rings. The third-order valence-electron chi connectivity index (χ3n) is 4.68. The number of carbonyl (C=O) groups excluding carboxylic acids is 2. The van der Waals surface area contributed by atoms with Crippen LogP contribution >= 0.6 is 0 Å². The Morgan fingerprint density at radius 2 is 1.44 bits per heavy atom. The van der Waals surface area contributed by atoms with E-state index in [0.717, 1.165) is 0 Å². The number of nitrogens with two attached hydrogens (primary N) is 2. The zero-order valence-corrected chi connectivity index (χ0v) is 19.2. The second kappa shape index (κ2) is 11.3. The van der Waals surface area contributed by atoms with Crippen LogP contribution in [0.5, 0.6) is 11.5 Å². The van der Waals surface area contributed by atoms with Crippen molar-refractivity contribution >= 4 is 35.0 Å². The first kappa shape index (κ1) is 26.1. The van der Waals surface area contributed by atoms with E-state index in [1.165, 1.54) is 36.4 Å². The van der Waals surface area contributed by atoms with Gasteiger partial charge in [0.25, 0.3) is 0 Å². The molecule has 3 aromatic rings. The van der Waals surface area contributed by atoms with Crippen LogP contribution in [0.2, 0.25) is 0 Å². The third kappa shape index (κ3) is 7.52. The lowest BCUT2D eigenvalue weighted by atomic mass is 10.0. The normalized spacial score (nSPS) is 11.6. The minimum Gasteiger partial charge on any atom is -0.484 e. The van der Waals surface area contributed by atoms with Crippen molar-refractivity contribution in [1.29, 1.82) is 0 Å². The maximum atomic E-state index is 12.5. The van der Waals surface area contributed by atoms with E-state index >= 15 is 0 Å². The molecule has 0 aliphatic carbocycles. The van der Waals surface area contributed by atoms with Crippen LogP contribution in [0, 0.1) is 0 Å². The van der Waals surface area contributed by atoms with Gasteiger partial charge in [0, 0.05) is 11.4 Å². The molecule has 0 heterocycles. The molecule has 0 saturated carbocycles. The van der Waals surface area contributed by atoms with E-state index < -0.39 is 24.7 Å². The maximum Gasteiger partial charge on any atom is 0.422 e. The van der Waals surface area contributed by atoms with Gasteiger partial charge in [-0.2, -0.15) is 13.2 Å². The second-order valence-corrected chi connectivity index (χ2v) is 7.55. The third-order valence-corrected chi connectivity index (χ3v) is 4.68. The Labute approximate surface area is 205 Å². The van der Waals surface area contributed by atoms with E-state index in [-0.39, 0.29) is 29.2 Å². The fourth-order valence-corrected chi connectivity index (χ4v) is 3.12. The molecule has 0 radical (unpaired) electrons. The number of anilines is 2. The molecule has 3 rings (SSSR count). The zero-order chi connectivity index (χ0) is 26.3. The predicted molar refractivity (Wildman–Crippen MR) is 129 cm³/mol. The van der Waals surface area contributed by atoms with Gasteiger partial charge in [-0.1, -0.05) is 12.1 Å². The molecule has 0 saturated heterocycles. The van der Waals surface area contributed by atoms with Crippen LogP contribution in [0.1, 0.15) is 28.4 Å². The van der Waals surface area contributed by atoms with Crippen LogP contribution in [0.3, 0.4) is 0 Å². The molecule has 0 aliphatic rings. The number of benzene rings is 3. The van der Waals surface area contributed by atoms with Gasteiger partial charge >= 0.3 is 18.1 Å². The van der Waals surface area contributed by atoms with Crippen molar-refractivity contribution in [2.24, 2.45) is 0 Å². The minimum atomic E-state index is -4.46. The summed E-state index contributed by atoms with van der Waals surface area (Å²) >= 11 is 0. The van der Waals surface area contributed by atoms with Gasteiger partial charge in [0.15, 0.2) is 6.61 Å². The van der Waals surface area contributed by atoms with Crippen LogP contribution in [0.15, 0.2) is 66.7 Å². The van der Waals surface area contributed by atoms with Crippen molar-refractivity contribution in [2.45, 2.75) is 13.1 Å². The number of ether oxygens (including phenoxy) is 3. The molecule has 4 N–H and O–H groups in total. The standard InChI is InChI=1S/C26H23F3N2O5/c1-2-34-25(33)23(18-12-19(30)14-20(31)13-18)11-16-3-7-22(8-4-16)36-24(32)17-5-9-21(10-6-17)35-15-26(27,28)29/h3-14H,2,15,30-31H2,1H3. The average Bonchev–Trinajstić information content (AvgIpc) is 2.81. The van der Waals surface area contributed by atoms with Crippen molar-refractivity contribution in [3.05, 3.63) is 83.4 Å². The molecule has 3 aromatic carbocycles. The summed E-state index contributed by atoms with van der Waals surface area (Å²) in [7, 11) is 0. The molecule has 36 heavy (non-hydrogen) atoms. The molecular weight excluding hydrogens is 477 g/mol. The highest BCUT2D eigenvalue weighted by atomic mass is 19.4. The van der Waals surface area contributed by atoms with Crippen molar-refractivity contribution in [1.82, 2.24) is 0 Å². The van der Waals surface area contributed by atoms with Crippen molar-refractivity contribution in [2.75, 3.05) is 24.7 Å². The molecule has 188 valence electrons. The first-order chi connectivity index (χ1) is 17.0. The quantitative estimate of drug-likeness (QED) is 0.145. The summed E-state index contributed by atoms with van der Waals surface area (Å²) in [6.45, 7) is 0.439. The molecule has 0 bridgehead atoms. The summed E-state index contributed by atoms with van der Waals surface area (Å²) in [5.41, 5.74) is 14.0. The van der Waals surface area contributed by atoms with Crippen LogP contribution in [0.4, 0.5) is 24.5 Å². The highest BCUT2D eigenvalue weighted by molar-refractivity contribution is 6.22. The number of hydrogen-bond donors (Lipinski definition) is 2. The van der Waals surface area contributed by atoms with E-state index in [0.29, 0.717) is 22.5 Å². The first-order valence-corrected chi connectivity index (χ1v) is 10.7. The Bertz CT molecular complexity index is 1230. The minimum absolute atomic E-state index is 0.0284. The SMILES string of the molecule is CCOC(=O)C(=Cc1ccc(OC(=O)c2ccc(OCC(F)(F)F)cc2)cc1)c1cc(N)cc(N)c1. The van der Waals surface area contributed by atoms with Gasteiger partial charge < -0.3 is 25.7 Å². The van der Waals surface area contributed by atoms with Gasteiger partial charge in [0.2, 0.25) is 0 Å². The van der Waals surface area contributed by atoms with Crippen molar-refractivity contribution in [3.8, 4) is 11.5 Å². The molecular formula is C26H23F3N2O5. The number of nitrogen functional groups attached to an aromatic ring is 2. The van der Waals surface area contributed by atoms with Gasteiger partial charge in [-0.15, -0.1) is 0 Å². The van der Waals surface area contributed by atoms with Crippen LogP contribution < -0.4 is 20.9 Å². The molecule has 0 spiro atoms. The fraction of sp³-hybridized carbons (Fsp3) is 0.154. The van der Waals surface area contributed by atoms with E-state index in [1.807, 2.05) is 0 Å². The lowest BCUT2D eigenvalue weighted by Gasteiger charge is -2.10. The number of carbonyl (C=O) groups is 2. The smallest absolute Gasteiger partial charge is 0.422 e. The highest BCUT2D eigenvalue weighted by Crippen LogP contribution is 2.26. The molecule has 0 unspecified atom stereocenters. The van der Waals surface area contributed by atoms with Crippen molar-refractivity contribution in [3.63, 3.8) is 0 Å². The van der Waals surface area contributed by atoms with Crippen molar-refractivity contribution < 1.29 is 37.0 Å². The number of rotatable bonds is 8. The fourth-order valence-electron chi connectivity index (χ4n) is 3.12. The van der Waals surface area contributed by atoms with Gasteiger partial charge in [-0.3, -0.25) is 0 Å².